The van der Waals surface area contributed by atoms with Crippen molar-refractivity contribution < 1.29 is 0 Å². The van der Waals surface area contributed by atoms with Crippen LogP contribution in [0.3, 0.4) is 0 Å². The summed E-state index contributed by atoms with van der Waals surface area (Å²) < 4.78 is 0. The lowest BCUT2D eigenvalue weighted by atomic mass is 10.1. The maximum atomic E-state index is 4.39. The van der Waals surface area contributed by atoms with Crippen molar-refractivity contribution in [2.45, 2.75) is 0 Å². The summed E-state index contributed by atoms with van der Waals surface area (Å²) in [6, 6.07) is 7.76. The van der Waals surface area contributed by atoms with Gasteiger partial charge < -0.3 is 0 Å². The lowest BCUT2D eigenvalue weighted by molar-refractivity contribution is 0.961. The van der Waals surface area contributed by atoms with Gasteiger partial charge in [-0.15, -0.1) is 0 Å². The quantitative estimate of drug-likeness (QED) is 0.461. The fourth-order valence-corrected chi connectivity index (χ4v) is 2.18. The first-order valence-corrected chi connectivity index (χ1v) is 5.27. The van der Waals surface area contributed by atoms with Crippen molar-refractivity contribution in [3.63, 3.8) is 0 Å². The van der Waals surface area contributed by atoms with Crippen LogP contribution in [0.15, 0.2) is 36.7 Å². The predicted octanol–water partition coefficient (Wildman–Crippen LogP) is 2.05. The standard InChI is InChI=1S/C12H7N5/c1-3-7-9(13-5-1)10-8(4-2-6-14-10)12-11(7)15-17-16-12/h1-6H,(H,15,16,17). The van der Waals surface area contributed by atoms with E-state index in [-0.39, 0.29) is 0 Å². The number of fused-ring (bicyclic) bond motifs is 6. The average Bonchev–Trinajstić information content (AvgIpc) is 2.89. The molecule has 0 fully saturated rings. The van der Waals surface area contributed by atoms with E-state index < -0.39 is 0 Å². The monoisotopic (exact) mass is 221 g/mol. The molecule has 4 aromatic rings. The molecule has 0 aliphatic carbocycles. The van der Waals surface area contributed by atoms with Crippen LogP contribution in [0.25, 0.3) is 32.8 Å². The van der Waals surface area contributed by atoms with Gasteiger partial charge in [0.15, 0.2) is 0 Å². The zero-order valence-electron chi connectivity index (χ0n) is 8.75. The Kier molecular flexibility index (Phi) is 1.50. The summed E-state index contributed by atoms with van der Waals surface area (Å²) in [7, 11) is 0. The molecule has 5 heteroatoms. The molecule has 0 bridgehead atoms. The lowest BCUT2D eigenvalue weighted by Gasteiger charge is -2.02. The molecule has 0 spiro atoms. The molecule has 80 valence electrons. The molecule has 5 nitrogen and oxygen atoms in total. The number of aromatic nitrogens is 5. The molecular formula is C12H7N5. The topological polar surface area (TPSA) is 67.3 Å². The fourth-order valence-electron chi connectivity index (χ4n) is 2.18. The van der Waals surface area contributed by atoms with Gasteiger partial charge in [-0.05, 0) is 24.3 Å². The molecule has 1 N–H and O–H groups in total. The molecule has 0 atom stereocenters. The first-order chi connectivity index (χ1) is 8.45. The minimum Gasteiger partial charge on any atom is -0.254 e. The maximum Gasteiger partial charge on any atom is 0.123 e. The summed E-state index contributed by atoms with van der Waals surface area (Å²) in [6.45, 7) is 0. The summed E-state index contributed by atoms with van der Waals surface area (Å²) in [5, 5.41) is 13.0. The van der Waals surface area contributed by atoms with Crippen LogP contribution in [0.1, 0.15) is 0 Å². The van der Waals surface area contributed by atoms with E-state index in [0.717, 1.165) is 32.8 Å². The molecule has 0 saturated heterocycles. The second kappa shape index (κ2) is 2.98. The first kappa shape index (κ1) is 8.58. The van der Waals surface area contributed by atoms with E-state index in [0.29, 0.717) is 0 Å². The summed E-state index contributed by atoms with van der Waals surface area (Å²) in [5.41, 5.74) is 3.41. The molecule has 3 heterocycles. The predicted molar refractivity (Wildman–Crippen MR) is 64.5 cm³/mol. The zero-order valence-corrected chi connectivity index (χ0v) is 8.75. The number of hydrogen-bond acceptors (Lipinski definition) is 4. The van der Waals surface area contributed by atoms with Gasteiger partial charge in [-0.1, -0.05) is 0 Å². The molecule has 0 amide bonds. The van der Waals surface area contributed by atoms with E-state index in [1.165, 1.54) is 0 Å². The number of H-pyrrole nitrogens is 1. The zero-order chi connectivity index (χ0) is 11.2. The van der Waals surface area contributed by atoms with Gasteiger partial charge >= 0.3 is 0 Å². The Morgan fingerprint density at radius 3 is 1.76 bits per heavy atom. The van der Waals surface area contributed by atoms with Crippen molar-refractivity contribution in [3.05, 3.63) is 36.7 Å². The van der Waals surface area contributed by atoms with Crippen LogP contribution in [0.4, 0.5) is 0 Å². The number of rotatable bonds is 0. The van der Waals surface area contributed by atoms with Crippen LogP contribution in [0.2, 0.25) is 0 Å². The third kappa shape index (κ3) is 1.02. The highest BCUT2D eigenvalue weighted by atomic mass is 15.3. The molecule has 0 radical (unpaired) electrons. The molecule has 0 aliphatic heterocycles. The van der Waals surface area contributed by atoms with E-state index >= 15 is 0 Å². The molecule has 0 unspecified atom stereocenters. The highest BCUT2D eigenvalue weighted by molar-refractivity contribution is 6.20. The van der Waals surface area contributed by atoms with E-state index in [9.17, 15) is 0 Å². The Balaban J connectivity index is 2.48. The van der Waals surface area contributed by atoms with E-state index in [4.69, 9.17) is 0 Å². The molecule has 0 aliphatic rings. The number of nitrogens with one attached hydrogen (secondary N) is 1. The molecule has 4 rings (SSSR count). The van der Waals surface area contributed by atoms with Crippen LogP contribution in [-0.2, 0) is 0 Å². The van der Waals surface area contributed by atoms with Gasteiger partial charge in [0.1, 0.15) is 11.0 Å². The van der Waals surface area contributed by atoms with Crippen LogP contribution < -0.4 is 0 Å². The van der Waals surface area contributed by atoms with Gasteiger partial charge in [0.05, 0.1) is 11.0 Å². The summed E-state index contributed by atoms with van der Waals surface area (Å²) in [4.78, 5) is 8.79. The number of aromatic amines is 1. The molecule has 1 aromatic carbocycles. The Morgan fingerprint density at radius 1 is 0.706 bits per heavy atom. The van der Waals surface area contributed by atoms with Crippen molar-refractivity contribution in [1.82, 2.24) is 25.4 Å². The summed E-state index contributed by atoms with van der Waals surface area (Å²) >= 11 is 0. The Hall–Kier alpha value is -2.56. The minimum absolute atomic E-state index is 0.841. The molecule has 3 aromatic heterocycles. The van der Waals surface area contributed by atoms with Gasteiger partial charge in [0, 0.05) is 23.2 Å². The van der Waals surface area contributed by atoms with Crippen molar-refractivity contribution in [1.29, 1.82) is 0 Å². The average molecular weight is 221 g/mol. The largest absolute Gasteiger partial charge is 0.254 e. The van der Waals surface area contributed by atoms with Crippen LogP contribution in [-0.4, -0.2) is 25.4 Å². The summed E-state index contributed by atoms with van der Waals surface area (Å²) in [6.07, 6.45) is 3.53. The Bertz CT molecular complexity index is 779. The molecule has 0 saturated carbocycles. The SMILES string of the molecule is c1cnc2c(c1)c1n[nH]nc1c1cccnc12. The van der Waals surface area contributed by atoms with Gasteiger partial charge in [0.2, 0.25) is 0 Å². The molecular weight excluding hydrogens is 214 g/mol. The second-order valence-corrected chi connectivity index (χ2v) is 3.82. The maximum absolute atomic E-state index is 4.39. The van der Waals surface area contributed by atoms with Crippen molar-refractivity contribution in [3.8, 4) is 0 Å². The second-order valence-electron chi connectivity index (χ2n) is 3.82. The van der Waals surface area contributed by atoms with Crippen LogP contribution >= 0.6 is 0 Å². The minimum atomic E-state index is 0.841. The van der Waals surface area contributed by atoms with E-state index in [1.807, 2.05) is 24.3 Å². The number of pyridine rings is 2. The number of nitrogens with zero attached hydrogens (tertiary/aromatic N) is 4. The number of hydrogen-bond donors (Lipinski definition) is 1. The highest BCUT2D eigenvalue weighted by Crippen LogP contribution is 2.29. The van der Waals surface area contributed by atoms with Gasteiger partial charge in [-0.25, -0.2) is 0 Å². The van der Waals surface area contributed by atoms with Gasteiger partial charge in [0.25, 0.3) is 0 Å². The number of benzene rings is 1. The third-order valence-electron chi connectivity index (χ3n) is 2.90. The van der Waals surface area contributed by atoms with Crippen molar-refractivity contribution in [2.75, 3.05) is 0 Å². The third-order valence-corrected chi connectivity index (χ3v) is 2.90. The highest BCUT2D eigenvalue weighted by Gasteiger charge is 2.12. The van der Waals surface area contributed by atoms with Crippen LogP contribution in [0, 0.1) is 0 Å². The lowest BCUT2D eigenvalue weighted by Crippen LogP contribution is -1.86. The first-order valence-electron chi connectivity index (χ1n) is 5.27. The Morgan fingerprint density at radius 2 is 1.24 bits per heavy atom. The van der Waals surface area contributed by atoms with Gasteiger partial charge in [-0.3, -0.25) is 9.97 Å². The smallest absolute Gasteiger partial charge is 0.123 e. The van der Waals surface area contributed by atoms with Crippen molar-refractivity contribution in [2.24, 2.45) is 0 Å². The van der Waals surface area contributed by atoms with Crippen LogP contribution in [0.5, 0.6) is 0 Å². The van der Waals surface area contributed by atoms with E-state index in [2.05, 4.69) is 25.4 Å². The molecule has 17 heavy (non-hydrogen) atoms. The van der Waals surface area contributed by atoms with E-state index in [1.54, 1.807) is 12.4 Å². The Labute approximate surface area is 95.5 Å². The normalized spacial score (nSPS) is 11.5. The van der Waals surface area contributed by atoms with Crippen molar-refractivity contribution >= 4 is 32.8 Å². The van der Waals surface area contributed by atoms with Gasteiger partial charge in [-0.2, -0.15) is 15.4 Å². The fraction of sp³-hybridized carbons (Fsp3) is 0. The summed E-state index contributed by atoms with van der Waals surface area (Å²) in [5.74, 6) is 0.